The molecule has 6 heteroatoms. The fraction of sp³-hybridized carbons (Fsp3) is 0.267. The van der Waals surface area contributed by atoms with Gasteiger partial charge in [-0.2, -0.15) is 0 Å². The minimum Gasteiger partial charge on any atom is -0.466 e. The molecule has 1 aliphatic rings. The molecule has 1 amide bonds. The summed E-state index contributed by atoms with van der Waals surface area (Å²) in [6.07, 6.45) is 3.54. The molecule has 2 aromatic heterocycles. The van der Waals surface area contributed by atoms with E-state index in [2.05, 4.69) is 26.7 Å². The van der Waals surface area contributed by atoms with Crippen molar-refractivity contribution in [1.29, 1.82) is 0 Å². The van der Waals surface area contributed by atoms with Crippen molar-refractivity contribution in [1.82, 2.24) is 9.97 Å². The Balaban J connectivity index is 1.72. The minimum absolute atomic E-state index is 0.0198. The van der Waals surface area contributed by atoms with E-state index >= 15 is 0 Å². The van der Waals surface area contributed by atoms with Crippen molar-refractivity contribution in [3.05, 3.63) is 41.3 Å². The van der Waals surface area contributed by atoms with Crippen LogP contribution in [0.4, 0.5) is 11.4 Å². The Hall–Kier alpha value is -2.63. The molecular weight excluding hydrogens is 268 g/mol. The van der Waals surface area contributed by atoms with Crippen LogP contribution in [0.25, 0.3) is 0 Å². The van der Waals surface area contributed by atoms with Gasteiger partial charge in [0.2, 0.25) is 5.88 Å². The zero-order chi connectivity index (χ0) is 14.8. The van der Waals surface area contributed by atoms with E-state index in [0.717, 1.165) is 22.5 Å². The van der Waals surface area contributed by atoms with Crippen molar-refractivity contribution in [3.63, 3.8) is 0 Å². The molecule has 2 N–H and O–H groups in total. The summed E-state index contributed by atoms with van der Waals surface area (Å²) in [4.78, 5) is 19.8. The summed E-state index contributed by atoms with van der Waals surface area (Å²) in [5.41, 5.74) is 4.69. The average molecular weight is 284 g/mol. The summed E-state index contributed by atoms with van der Waals surface area (Å²) < 4.78 is 5.23. The number of hydrogen-bond donors (Lipinski definition) is 2. The molecule has 1 aliphatic heterocycles. The number of hydrogen-bond acceptors (Lipinski definition) is 5. The standard InChI is InChI=1S/C15H16N4O2/c1-9-3-12(7-16-10(9)2)17-5-11-4-13-15(18-6-11)21-8-14(20)19-13/h3-4,6-7,17H,5,8H2,1-2H3,(H,19,20). The van der Waals surface area contributed by atoms with Crippen molar-refractivity contribution in [3.8, 4) is 5.88 Å². The van der Waals surface area contributed by atoms with Crippen LogP contribution < -0.4 is 15.4 Å². The number of nitrogens with zero attached hydrogens (tertiary/aromatic N) is 2. The number of carbonyl (C=O) groups excluding carboxylic acids is 1. The minimum atomic E-state index is -0.159. The second kappa shape index (κ2) is 5.40. The molecule has 2 aromatic rings. The maximum atomic E-state index is 11.3. The highest BCUT2D eigenvalue weighted by Crippen LogP contribution is 2.25. The lowest BCUT2D eigenvalue weighted by molar-refractivity contribution is -0.118. The number of fused-ring (bicyclic) bond motifs is 1. The normalized spacial score (nSPS) is 13.1. The molecule has 0 atom stereocenters. The van der Waals surface area contributed by atoms with Gasteiger partial charge in [-0.3, -0.25) is 9.78 Å². The molecule has 0 spiro atoms. The molecule has 0 bridgehead atoms. The van der Waals surface area contributed by atoms with E-state index in [1.54, 1.807) is 12.4 Å². The van der Waals surface area contributed by atoms with E-state index < -0.39 is 0 Å². The molecule has 108 valence electrons. The van der Waals surface area contributed by atoms with Gasteiger partial charge in [0.1, 0.15) is 5.69 Å². The zero-order valence-corrected chi connectivity index (χ0v) is 11.9. The third-order valence-electron chi connectivity index (χ3n) is 3.36. The van der Waals surface area contributed by atoms with Crippen LogP contribution >= 0.6 is 0 Å². The van der Waals surface area contributed by atoms with Gasteiger partial charge in [0.05, 0.1) is 11.9 Å². The van der Waals surface area contributed by atoms with Gasteiger partial charge in [-0.1, -0.05) is 0 Å². The van der Waals surface area contributed by atoms with Crippen molar-refractivity contribution in [2.45, 2.75) is 20.4 Å². The highest BCUT2D eigenvalue weighted by Gasteiger charge is 2.17. The maximum Gasteiger partial charge on any atom is 0.262 e. The largest absolute Gasteiger partial charge is 0.466 e. The summed E-state index contributed by atoms with van der Waals surface area (Å²) in [6.45, 7) is 4.63. The lowest BCUT2D eigenvalue weighted by atomic mass is 10.2. The fourth-order valence-corrected chi connectivity index (χ4v) is 2.06. The van der Waals surface area contributed by atoms with Crippen LogP contribution in [0.3, 0.4) is 0 Å². The van der Waals surface area contributed by atoms with E-state index in [0.29, 0.717) is 18.1 Å². The summed E-state index contributed by atoms with van der Waals surface area (Å²) in [7, 11) is 0. The molecule has 0 aromatic carbocycles. The molecule has 6 nitrogen and oxygen atoms in total. The number of amides is 1. The Morgan fingerprint density at radius 3 is 2.95 bits per heavy atom. The van der Waals surface area contributed by atoms with Gasteiger partial charge in [-0.25, -0.2) is 4.98 Å². The predicted octanol–water partition coefficient (Wildman–Crippen LogP) is 2.04. The molecular formula is C15H16N4O2. The van der Waals surface area contributed by atoms with Crippen LogP contribution in [0.15, 0.2) is 24.5 Å². The van der Waals surface area contributed by atoms with Crippen molar-refractivity contribution in [2.75, 3.05) is 17.2 Å². The Bertz CT molecular complexity index is 700. The third kappa shape index (κ3) is 2.94. The molecule has 0 aliphatic carbocycles. The maximum absolute atomic E-state index is 11.3. The van der Waals surface area contributed by atoms with E-state index in [4.69, 9.17) is 4.74 Å². The van der Waals surface area contributed by atoms with E-state index in [9.17, 15) is 4.79 Å². The molecule has 0 radical (unpaired) electrons. The Morgan fingerprint density at radius 1 is 1.29 bits per heavy atom. The highest BCUT2D eigenvalue weighted by molar-refractivity contribution is 5.94. The molecule has 0 saturated heterocycles. The van der Waals surface area contributed by atoms with Crippen LogP contribution in [0.2, 0.25) is 0 Å². The third-order valence-corrected chi connectivity index (χ3v) is 3.36. The van der Waals surface area contributed by atoms with E-state index in [-0.39, 0.29) is 12.5 Å². The monoisotopic (exact) mass is 284 g/mol. The molecule has 3 heterocycles. The van der Waals surface area contributed by atoms with Gasteiger partial charge in [0, 0.05) is 18.4 Å². The van der Waals surface area contributed by atoms with Gasteiger partial charge >= 0.3 is 0 Å². The second-order valence-corrected chi connectivity index (χ2v) is 5.01. The van der Waals surface area contributed by atoms with Crippen LogP contribution in [0.5, 0.6) is 5.88 Å². The topological polar surface area (TPSA) is 76.1 Å². The smallest absolute Gasteiger partial charge is 0.262 e. The molecule has 0 unspecified atom stereocenters. The molecule has 0 saturated carbocycles. The quantitative estimate of drug-likeness (QED) is 0.902. The lowest BCUT2D eigenvalue weighted by Gasteiger charge is -2.17. The van der Waals surface area contributed by atoms with Crippen LogP contribution in [0.1, 0.15) is 16.8 Å². The SMILES string of the molecule is Cc1cc(NCc2cnc3c(c2)NC(=O)CO3)cnc1C. The molecule has 0 fully saturated rings. The summed E-state index contributed by atoms with van der Waals surface area (Å²) in [5.74, 6) is 0.305. The van der Waals surface area contributed by atoms with Gasteiger partial charge in [0.25, 0.3) is 5.91 Å². The Morgan fingerprint density at radius 2 is 2.14 bits per heavy atom. The average Bonchev–Trinajstić information content (AvgIpc) is 2.48. The summed E-state index contributed by atoms with van der Waals surface area (Å²) in [6, 6.07) is 3.92. The predicted molar refractivity (Wildman–Crippen MR) is 79.4 cm³/mol. The van der Waals surface area contributed by atoms with Gasteiger partial charge in [-0.15, -0.1) is 0 Å². The number of aromatic nitrogens is 2. The highest BCUT2D eigenvalue weighted by atomic mass is 16.5. The Kier molecular flexibility index (Phi) is 3.43. The number of ether oxygens (including phenoxy) is 1. The van der Waals surface area contributed by atoms with Crippen LogP contribution in [-0.4, -0.2) is 22.5 Å². The number of aryl methyl sites for hydroxylation is 2. The van der Waals surface area contributed by atoms with Gasteiger partial charge in [0.15, 0.2) is 6.61 Å². The van der Waals surface area contributed by atoms with Crippen molar-refractivity contribution < 1.29 is 9.53 Å². The molecule has 21 heavy (non-hydrogen) atoms. The van der Waals surface area contributed by atoms with E-state index in [1.165, 1.54) is 0 Å². The number of pyridine rings is 2. The van der Waals surface area contributed by atoms with E-state index in [1.807, 2.05) is 19.9 Å². The van der Waals surface area contributed by atoms with Gasteiger partial charge in [-0.05, 0) is 37.1 Å². The number of nitrogens with one attached hydrogen (secondary N) is 2. The van der Waals surface area contributed by atoms with Crippen LogP contribution in [0, 0.1) is 13.8 Å². The first-order valence-corrected chi connectivity index (χ1v) is 6.70. The number of rotatable bonds is 3. The van der Waals surface area contributed by atoms with Crippen molar-refractivity contribution in [2.24, 2.45) is 0 Å². The molecule has 3 rings (SSSR count). The first-order valence-electron chi connectivity index (χ1n) is 6.70. The summed E-state index contributed by atoms with van der Waals surface area (Å²) in [5, 5.41) is 6.04. The summed E-state index contributed by atoms with van der Waals surface area (Å²) >= 11 is 0. The van der Waals surface area contributed by atoms with Gasteiger partial charge < -0.3 is 15.4 Å². The fourth-order valence-electron chi connectivity index (χ4n) is 2.06. The Labute approximate surface area is 122 Å². The van der Waals surface area contributed by atoms with Crippen molar-refractivity contribution >= 4 is 17.3 Å². The lowest BCUT2D eigenvalue weighted by Crippen LogP contribution is -2.26. The second-order valence-electron chi connectivity index (χ2n) is 5.01. The van der Waals surface area contributed by atoms with Crippen LogP contribution in [-0.2, 0) is 11.3 Å². The first kappa shape index (κ1) is 13.4. The first-order chi connectivity index (χ1) is 10.1. The number of anilines is 2. The zero-order valence-electron chi connectivity index (χ0n) is 11.9. The number of carbonyl (C=O) groups is 1.